The van der Waals surface area contributed by atoms with E-state index in [1.807, 2.05) is 6.92 Å². The number of rotatable bonds is 7. The topological polar surface area (TPSA) is 102 Å². The summed E-state index contributed by atoms with van der Waals surface area (Å²) in [5.41, 5.74) is 0.433. The Kier molecular flexibility index (Phi) is 5.68. The van der Waals surface area contributed by atoms with Crippen LogP contribution >= 0.6 is 0 Å². The van der Waals surface area contributed by atoms with E-state index in [9.17, 15) is 18.0 Å². The molecule has 0 saturated heterocycles. The van der Waals surface area contributed by atoms with Crippen LogP contribution in [-0.4, -0.2) is 38.2 Å². The number of aromatic amines is 3. The molecule has 0 amide bonds. The van der Waals surface area contributed by atoms with Gasteiger partial charge in [0.05, 0.1) is 22.5 Å². The second-order valence-electron chi connectivity index (χ2n) is 6.37. The molecule has 28 heavy (non-hydrogen) atoms. The predicted molar refractivity (Wildman–Crippen MR) is 98.0 cm³/mol. The maximum absolute atomic E-state index is 13.8. The lowest BCUT2D eigenvalue weighted by atomic mass is 10.0. The Morgan fingerprint density at radius 3 is 2.61 bits per heavy atom. The van der Waals surface area contributed by atoms with Gasteiger partial charge >= 0.3 is 6.18 Å². The average Bonchev–Trinajstić information content (AvgIpc) is 3.19. The summed E-state index contributed by atoms with van der Waals surface area (Å²) in [5.74, 6) is 0. The van der Waals surface area contributed by atoms with Gasteiger partial charge in [0.1, 0.15) is 0 Å². The average molecular weight is 394 g/mol. The highest BCUT2D eigenvalue weighted by Gasteiger charge is 2.38. The van der Waals surface area contributed by atoms with Crippen molar-refractivity contribution in [1.82, 2.24) is 30.5 Å². The lowest BCUT2D eigenvalue weighted by Crippen LogP contribution is -2.18. The molecule has 0 aromatic carbocycles. The van der Waals surface area contributed by atoms with E-state index in [1.165, 1.54) is 18.6 Å². The molecule has 3 aromatic rings. The lowest BCUT2D eigenvalue weighted by molar-refractivity contribution is -0.138. The van der Waals surface area contributed by atoms with Crippen LogP contribution in [0.3, 0.4) is 0 Å². The highest BCUT2D eigenvalue weighted by molar-refractivity contribution is 5.60. The Labute approximate surface area is 158 Å². The van der Waals surface area contributed by atoms with Gasteiger partial charge in [-0.2, -0.15) is 13.2 Å². The van der Waals surface area contributed by atoms with Crippen molar-refractivity contribution in [2.45, 2.75) is 32.9 Å². The monoisotopic (exact) mass is 394 g/mol. The minimum Gasteiger partial charge on any atom is -0.361 e. The molecule has 0 atom stereocenters. The molecule has 0 aliphatic heterocycles. The highest BCUT2D eigenvalue weighted by Crippen LogP contribution is 2.37. The summed E-state index contributed by atoms with van der Waals surface area (Å²) in [6.07, 6.45) is -0.148. The third-order valence-electron chi connectivity index (χ3n) is 4.50. The van der Waals surface area contributed by atoms with Crippen LogP contribution in [0.4, 0.5) is 13.2 Å². The third-order valence-corrected chi connectivity index (χ3v) is 4.50. The molecule has 0 spiro atoms. The van der Waals surface area contributed by atoms with Gasteiger partial charge in [-0.15, -0.1) is 0 Å². The molecule has 10 heteroatoms. The Morgan fingerprint density at radius 2 is 1.96 bits per heavy atom. The van der Waals surface area contributed by atoms with Crippen LogP contribution in [0.1, 0.15) is 35.1 Å². The van der Waals surface area contributed by atoms with Crippen molar-refractivity contribution in [3.63, 3.8) is 0 Å². The summed E-state index contributed by atoms with van der Waals surface area (Å²) in [5, 5.41) is 8.01. The molecule has 3 heterocycles. The van der Waals surface area contributed by atoms with Crippen LogP contribution < -0.4 is 10.9 Å². The van der Waals surface area contributed by atoms with Crippen LogP contribution in [-0.2, 0) is 19.0 Å². The first kappa shape index (κ1) is 19.9. The molecule has 0 saturated carbocycles. The van der Waals surface area contributed by atoms with Crippen LogP contribution in [0.25, 0.3) is 11.3 Å². The number of halogens is 3. The van der Waals surface area contributed by atoms with Crippen LogP contribution in [0.5, 0.6) is 0 Å². The Bertz CT molecular complexity index is 1000. The van der Waals surface area contributed by atoms with Crippen molar-refractivity contribution in [3.05, 3.63) is 57.2 Å². The molecule has 0 unspecified atom stereocenters. The molecule has 0 fully saturated rings. The first-order chi connectivity index (χ1) is 13.3. The van der Waals surface area contributed by atoms with Gasteiger partial charge < -0.3 is 15.4 Å². The number of alkyl halides is 3. The minimum atomic E-state index is -4.50. The van der Waals surface area contributed by atoms with Gasteiger partial charge in [0, 0.05) is 36.4 Å². The van der Waals surface area contributed by atoms with Gasteiger partial charge in [0.15, 0.2) is 0 Å². The maximum Gasteiger partial charge on any atom is 0.418 e. The number of H-pyrrole nitrogens is 3. The van der Waals surface area contributed by atoms with Crippen molar-refractivity contribution in [3.8, 4) is 11.3 Å². The zero-order valence-electron chi connectivity index (χ0n) is 15.5. The van der Waals surface area contributed by atoms with Crippen molar-refractivity contribution in [2.24, 2.45) is 0 Å². The smallest absolute Gasteiger partial charge is 0.361 e. The Hall–Kier alpha value is -2.88. The number of nitrogens with zero attached hydrogens (tertiary/aromatic N) is 2. The molecule has 150 valence electrons. The molecule has 0 aliphatic rings. The Balaban J connectivity index is 2.03. The quantitative estimate of drug-likeness (QED) is 0.463. The number of nitrogens with one attached hydrogen (secondary N) is 4. The molecule has 3 aromatic heterocycles. The Morgan fingerprint density at radius 1 is 1.21 bits per heavy atom. The summed E-state index contributed by atoms with van der Waals surface area (Å²) < 4.78 is 41.5. The van der Waals surface area contributed by atoms with Crippen molar-refractivity contribution >= 4 is 0 Å². The van der Waals surface area contributed by atoms with E-state index in [1.54, 1.807) is 6.92 Å². The summed E-state index contributed by atoms with van der Waals surface area (Å²) in [6.45, 7) is 4.67. The first-order valence-corrected chi connectivity index (χ1v) is 8.87. The molecule has 0 bridgehead atoms. The van der Waals surface area contributed by atoms with E-state index >= 15 is 0 Å². The molecule has 0 aliphatic carbocycles. The summed E-state index contributed by atoms with van der Waals surface area (Å²) in [6, 6.07) is 0. The summed E-state index contributed by atoms with van der Waals surface area (Å²) >= 11 is 0. The maximum atomic E-state index is 13.8. The zero-order chi connectivity index (χ0) is 20.3. The largest absolute Gasteiger partial charge is 0.418 e. The second-order valence-corrected chi connectivity index (χ2v) is 6.37. The fraction of sp³-hybridized carbons (Fsp3) is 0.389. The third kappa shape index (κ3) is 4.01. The molecule has 0 radical (unpaired) electrons. The fourth-order valence-corrected chi connectivity index (χ4v) is 3.28. The SMILES string of the molecule is CCNCCc1c(C)[nH]c(Cc2nccnc2-c2c[nH][nH]c2=O)c1C(F)(F)F. The molecule has 3 rings (SSSR count). The number of likely N-dealkylation sites (N-methyl/N-ethyl adjacent to an activating group) is 1. The highest BCUT2D eigenvalue weighted by atomic mass is 19.4. The van der Waals surface area contributed by atoms with E-state index in [-0.39, 0.29) is 41.1 Å². The fourth-order valence-electron chi connectivity index (χ4n) is 3.28. The molecular weight excluding hydrogens is 373 g/mol. The first-order valence-electron chi connectivity index (χ1n) is 8.87. The van der Waals surface area contributed by atoms with Gasteiger partial charge in [-0.3, -0.25) is 19.9 Å². The van der Waals surface area contributed by atoms with E-state index in [0.717, 1.165) is 0 Å². The predicted octanol–water partition coefficient (Wildman–Crippen LogP) is 2.56. The molecule has 7 nitrogen and oxygen atoms in total. The van der Waals surface area contributed by atoms with Gasteiger partial charge in [-0.1, -0.05) is 6.92 Å². The van der Waals surface area contributed by atoms with Gasteiger partial charge in [-0.25, -0.2) is 0 Å². The van der Waals surface area contributed by atoms with Crippen molar-refractivity contribution in [1.29, 1.82) is 0 Å². The van der Waals surface area contributed by atoms with Crippen molar-refractivity contribution in [2.75, 3.05) is 13.1 Å². The number of hydrogen-bond donors (Lipinski definition) is 4. The van der Waals surface area contributed by atoms with Crippen LogP contribution in [0.2, 0.25) is 0 Å². The second kappa shape index (κ2) is 8.01. The number of aryl methyl sites for hydroxylation is 1. The van der Waals surface area contributed by atoms with Crippen LogP contribution in [0, 0.1) is 6.92 Å². The standard InChI is InChI=1S/C18H21F3N6O/c1-3-22-5-4-11-10(2)26-13(15(11)18(19,20)21)8-14-16(24-7-6-23-14)12-9-25-27-17(12)28/h6-7,9,22,26H,3-5,8H2,1-2H3,(H2,25,27,28). The van der Waals surface area contributed by atoms with E-state index < -0.39 is 17.3 Å². The summed E-state index contributed by atoms with van der Waals surface area (Å²) in [7, 11) is 0. The number of hydrogen-bond acceptors (Lipinski definition) is 4. The zero-order valence-corrected chi connectivity index (χ0v) is 15.5. The summed E-state index contributed by atoms with van der Waals surface area (Å²) in [4.78, 5) is 23.1. The van der Waals surface area contributed by atoms with Gasteiger partial charge in [0.25, 0.3) is 5.56 Å². The van der Waals surface area contributed by atoms with Gasteiger partial charge in [-0.05, 0) is 32.0 Å². The van der Waals surface area contributed by atoms with Crippen LogP contribution in [0.15, 0.2) is 23.4 Å². The van der Waals surface area contributed by atoms with Crippen molar-refractivity contribution < 1.29 is 13.2 Å². The van der Waals surface area contributed by atoms with E-state index in [2.05, 4.69) is 30.5 Å². The minimum absolute atomic E-state index is 0.0187. The molecule has 4 N–H and O–H groups in total. The lowest BCUT2D eigenvalue weighted by Gasteiger charge is -2.12. The molecular formula is C18H21F3N6O. The number of aromatic nitrogens is 5. The normalized spacial score (nSPS) is 11.9. The van der Waals surface area contributed by atoms with E-state index in [4.69, 9.17) is 0 Å². The van der Waals surface area contributed by atoms with Gasteiger partial charge in [0.2, 0.25) is 0 Å². The van der Waals surface area contributed by atoms with E-state index in [0.29, 0.717) is 18.8 Å².